The maximum absolute atomic E-state index is 10.7. The molecule has 0 N–H and O–H groups in total. The van der Waals surface area contributed by atoms with Gasteiger partial charge in [-0.15, -0.1) is 0 Å². The van der Waals surface area contributed by atoms with Crippen molar-refractivity contribution in [2.75, 3.05) is 6.61 Å². The van der Waals surface area contributed by atoms with Crippen molar-refractivity contribution >= 4 is 14.4 Å². The van der Waals surface area contributed by atoms with E-state index < -0.39 is 8.60 Å². The Bertz CT molecular complexity index is 226. The van der Waals surface area contributed by atoms with Crippen LogP contribution >= 0.6 is 8.60 Å². The lowest BCUT2D eigenvalue weighted by atomic mass is 10.4. The van der Waals surface area contributed by atoms with Crippen molar-refractivity contribution < 1.29 is 18.4 Å². The molecule has 1 rings (SSSR count). The van der Waals surface area contributed by atoms with Gasteiger partial charge >= 0.3 is 8.60 Å². The second kappa shape index (κ2) is 4.70. The van der Waals surface area contributed by atoms with Crippen molar-refractivity contribution in [2.45, 2.75) is 26.9 Å². The van der Waals surface area contributed by atoms with Gasteiger partial charge in [-0.05, 0) is 20.8 Å². The summed E-state index contributed by atoms with van der Waals surface area (Å²) in [5, 5.41) is 0. The average molecular weight is 204 g/mol. The molecule has 74 valence electrons. The van der Waals surface area contributed by atoms with Gasteiger partial charge in [-0.1, -0.05) is 0 Å². The highest BCUT2D eigenvalue weighted by molar-refractivity contribution is 7.42. The molecule has 0 radical (unpaired) electrons. The fraction of sp³-hybridized carbons (Fsp3) is 0.625. The summed E-state index contributed by atoms with van der Waals surface area (Å²) in [4.78, 5) is 10.7. The van der Waals surface area contributed by atoms with Crippen molar-refractivity contribution in [3.05, 3.63) is 11.8 Å². The molecule has 0 spiro atoms. The van der Waals surface area contributed by atoms with Crippen molar-refractivity contribution in [1.82, 2.24) is 0 Å². The zero-order valence-electron chi connectivity index (χ0n) is 7.94. The van der Waals surface area contributed by atoms with Crippen molar-refractivity contribution in [1.29, 1.82) is 0 Å². The van der Waals surface area contributed by atoms with Crippen LogP contribution in [0.15, 0.2) is 11.8 Å². The van der Waals surface area contributed by atoms with Crippen LogP contribution in [-0.4, -0.2) is 18.5 Å². The first-order chi connectivity index (χ1) is 6.08. The molecule has 1 aliphatic heterocycles. The molecular weight excluding hydrogens is 191 g/mol. The Labute approximate surface area is 78.9 Å². The summed E-state index contributed by atoms with van der Waals surface area (Å²) in [7, 11) is -1.27. The van der Waals surface area contributed by atoms with Gasteiger partial charge in [-0.3, -0.25) is 13.8 Å². The van der Waals surface area contributed by atoms with Gasteiger partial charge in [0.1, 0.15) is 5.76 Å². The predicted octanol–water partition coefficient (Wildman–Crippen LogP) is 2.16. The van der Waals surface area contributed by atoms with Crippen LogP contribution in [0.5, 0.6) is 0 Å². The molecule has 4 nitrogen and oxygen atoms in total. The Morgan fingerprint density at radius 2 is 2.31 bits per heavy atom. The molecule has 1 heterocycles. The highest BCUT2D eigenvalue weighted by Gasteiger charge is 2.26. The first-order valence-corrected chi connectivity index (χ1v) is 5.14. The molecule has 0 aliphatic carbocycles. The van der Waals surface area contributed by atoms with E-state index in [-0.39, 0.29) is 11.9 Å². The van der Waals surface area contributed by atoms with E-state index in [0.29, 0.717) is 12.4 Å². The standard InChI is InChI=1S/C8H13O4P/c1-6(9)4-7(2)11-13-10-5-8(3)12-13/h4,8H,5H2,1-3H3. The average Bonchev–Trinajstić information content (AvgIpc) is 2.33. The summed E-state index contributed by atoms with van der Waals surface area (Å²) in [6.07, 6.45) is 1.49. The minimum atomic E-state index is -1.27. The molecule has 0 amide bonds. The SMILES string of the molecule is CC(=O)C=C(C)OP1OCC(C)O1. The Balaban J connectivity index is 2.36. The van der Waals surface area contributed by atoms with E-state index in [2.05, 4.69) is 0 Å². The first kappa shape index (κ1) is 10.6. The Morgan fingerprint density at radius 3 is 2.77 bits per heavy atom. The quantitative estimate of drug-likeness (QED) is 0.401. The molecule has 13 heavy (non-hydrogen) atoms. The van der Waals surface area contributed by atoms with E-state index in [4.69, 9.17) is 13.6 Å². The van der Waals surface area contributed by atoms with Crippen LogP contribution in [-0.2, 0) is 18.4 Å². The molecule has 0 aromatic heterocycles. The zero-order chi connectivity index (χ0) is 9.84. The van der Waals surface area contributed by atoms with Gasteiger partial charge in [-0.25, -0.2) is 0 Å². The largest absolute Gasteiger partial charge is 0.431 e. The van der Waals surface area contributed by atoms with Gasteiger partial charge < -0.3 is 4.52 Å². The van der Waals surface area contributed by atoms with Gasteiger partial charge in [0, 0.05) is 6.08 Å². The van der Waals surface area contributed by atoms with E-state index in [1.807, 2.05) is 6.92 Å². The van der Waals surface area contributed by atoms with Crippen LogP contribution in [0, 0.1) is 0 Å². The van der Waals surface area contributed by atoms with Crippen LogP contribution < -0.4 is 0 Å². The van der Waals surface area contributed by atoms with Crippen LogP contribution in [0.4, 0.5) is 0 Å². The second-order valence-electron chi connectivity index (χ2n) is 2.89. The molecule has 0 aromatic rings. The summed E-state index contributed by atoms with van der Waals surface area (Å²) in [6, 6.07) is 0. The highest BCUT2D eigenvalue weighted by atomic mass is 31.2. The topological polar surface area (TPSA) is 44.8 Å². The summed E-state index contributed by atoms with van der Waals surface area (Å²) in [5.41, 5.74) is 0. The van der Waals surface area contributed by atoms with Gasteiger partial charge in [0.05, 0.1) is 12.7 Å². The summed E-state index contributed by atoms with van der Waals surface area (Å²) >= 11 is 0. The van der Waals surface area contributed by atoms with Gasteiger partial charge in [0.2, 0.25) is 0 Å². The monoisotopic (exact) mass is 204 g/mol. The van der Waals surface area contributed by atoms with Crippen molar-refractivity contribution in [3.63, 3.8) is 0 Å². The number of allylic oxidation sites excluding steroid dienone is 2. The lowest BCUT2D eigenvalue weighted by Gasteiger charge is -2.09. The maximum Gasteiger partial charge on any atom is 0.397 e. The maximum atomic E-state index is 10.7. The van der Waals surface area contributed by atoms with Crippen LogP contribution in [0.25, 0.3) is 0 Å². The molecule has 1 aliphatic rings. The second-order valence-corrected chi connectivity index (χ2v) is 3.99. The lowest BCUT2D eigenvalue weighted by Crippen LogP contribution is -1.99. The van der Waals surface area contributed by atoms with E-state index in [0.717, 1.165) is 0 Å². The van der Waals surface area contributed by atoms with E-state index in [1.165, 1.54) is 13.0 Å². The number of hydrogen-bond acceptors (Lipinski definition) is 4. The molecule has 1 fully saturated rings. The summed E-state index contributed by atoms with van der Waals surface area (Å²) in [6.45, 7) is 5.65. The minimum Gasteiger partial charge on any atom is -0.431 e. The molecule has 2 atom stereocenters. The third-order valence-corrected chi connectivity index (χ3v) is 2.63. The predicted molar refractivity (Wildman–Crippen MR) is 48.9 cm³/mol. The number of hydrogen-bond donors (Lipinski definition) is 0. The Morgan fingerprint density at radius 1 is 1.62 bits per heavy atom. The van der Waals surface area contributed by atoms with Crippen molar-refractivity contribution in [2.24, 2.45) is 0 Å². The molecule has 0 bridgehead atoms. The summed E-state index contributed by atoms with van der Waals surface area (Å²) in [5.74, 6) is 0.493. The third kappa shape index (κ3) is 3.85. The molecule has 5 heteroatoms. The van der Waals surface area contributed by atoms with E-state index in [9.17, 15) is 4.79 Å². The van der Waals surface area contributed by atoms with Gasteiger partial charge in [0.25, 0.3) is 0 Å². The number of carbonyl (C=O) groups excluding carboxylic acids is 1. The fourth-order valence-electron chi connectivity index (χ4n) is 0.852. The molecule has 1 saturated heterocycles. The smallest absolute Gasteiger partial charge is 0.397 e. The third-order valence-electron chi connectivity index (χ3n) is 1.31. The molecule has 2 unspecified atom stereocenters. The Hall–Kier alpha value is -0.440. The normalized spacial score (nSPS) is 29.0. The molecule has 0 aromatic carbocycles. The number of carbonyl (C=O) groups is 1. The van der Waals surface area contributed by atoms with E-state index >= 15 is 0 Å². The highest BCUT2D eigenvalue weighted by Crippen LogP contribution is 2.47. The van der Waals surface area contributed by atoms with E-state index in [1.54, 1.807) is 6.92 Å². The van der Waals surface area contributed by atoms with Crippen LogP contribution in [0.1, 0.15) is 20.8 Å². The zero-order valence-corrected chi connectivity index (χ0v) is 8.84. The number of ketones is 1. The lowest BCUT2D eigenvalue weighted by molar-refractivity contribution is -0.112. The van der Waals surface area contributed by atoms with Gasteiger partial charge in [-0.2, -0.15) is 0 Å². The first-order valence-electron chi connectivity index (χ1n) is 4.04. The molecule has 0 saturated carbocycles. The van der Waals surface area contributed by atoms with Gasteiger partial charge in [0.15, 0.2) is 5.78 Å². The van der Waals surface area contributed by atoms with Crippen LogP contribution in [0.3, 0.4) is 0 Å². The Kier molecular flexibility index (Phi) is 3.85. The molecular formula is C8H13O4P. The van der Waals surface area contributed by atoms with Crippen LogP contribution in [0.2, 0.25) is 0 Å². The minimum absolute atomic E-state index is 0.0419. The summed E-state index contributed by atoms with van der Waals surface area (Å²) < 4.78 is 15.7. The number of rotatable bonds is 3. The fourth-order valence-corrected chi connectivity index (χ4v) is 1.98. The van der Waals surface area contributed by atoms with Crippen molar-refractivity contribution in [3.8, 4) is 0 Å².